The lowest BCUT2D eigenvalue weighted by molar-refractivity contribution is -0.142. The second-order valence-electron chi connectivity index (χ2n) is 3.14. The van der Waals surface area contributed by atoms with Crippen LogP contribution in [0, 0.1) is 0 Å². The topological polar surface area (TPSA) is 64.6 Å². The molecule has 0 aliphatic carbocycles. The number of rotatable bonds is 6. The molecule has 0 atom stereocenters. The van der Waals surface area contributed by atoms with Gasteiger partial charge in [-0.2, -0.15) is 0 Å². The van der Waals surface area contributed by atoms with Crippen molar-refractivity contribution in [2.24, 2.45) is 0 Å². The minimum Gasteiger partial charge on any atom is -0.466 e. The third kappa shape index (κ3) is 4.07. The highest BCUT2D eigenvalue weighted by atomic mass is 32.1. The van der Waals surface area contributed by atoms with Crippen LogP contribution in [0.1, 0.15) is 23.7 Å². The molecule has 0 aromatic carbocycles. The molecule has 1 N–H and O–H groups in total. The van der Waals surface area contributed by atoms with Crippen LogP contribution in [0.25, 0.3) is 0 Å². The monoisotopic (exact) mass is 257 g/mol. The summed E-state index contributed by atoms with van der Waals surface area (Å²) in [6.45, 7) is 2.58. The van der Waals surface area contributed by atoms with E-state index in [2.05, 4.69) is 10.1 Å². The molecule has 0 amide bonds. The maximum absolute atomic E-state index is 11.3. The van der Waals surface area contributed by atoms with E-state index >= 15 is 0 Å². The average molecular weight is 257 g/mol. The first kappa shape index (κ1) is 13.5. The van der Waals surface area contributed by atoms with E-state index < -0.39 is 0 Å². The molecule has 0 bridgehead atoms. The number of nitrogens with one attached hydrogen (secondary N) is 1. The first-order valence-electron chi connectivity index (χ1n) is 5.24. The Morgan fingerprint density at radius 1 is 1.47 bits per heavy atom. The summed E-state index contributed by atoms with van der Waals surface area (Å²) in [5, 5.41) is 5.51. The molecular formula is C11H15NO4S. The van der Waals surface area contributed by atoms with Gasteiger partial charge >= 0.3 is 11.9 Å². The summed E-state index contributed by atoms with van der Waals surface area (Å²) in [5.74, 6) is -0.638. The normalized spacial score (nSPS) is 9.76. The molecule has 17 heavy (non-hydrogen) atoms. The van der Waals surface area contributed by atoms with E-state index in [1.807, 2.05) is 0 Å². The van der Waals surface area contributed by atoms with Crippen molar-refractivity contribution in [2.45, 2.75) is 13.3 Å². The Hall–Kier alpha value is -1.56. The highest BCUT2D eigenvalue weighted by molar-refractivity contribution is 7.14. The smallest absolute Gasteiger partial charge is 0.340 e. The molecule has 1 aromatic heterocycles. The Morgan fingerprint density at radius 2 is 2.24 bits per heavy atom. The van der Waals surface area contributed by atoms with Gasteiger partial charge in [0, 0.05) is 6.54 Å². The molecular weight excluding hydrogens is 242 g/mol. The van der Waals surface area contributed by atoms with Crippen LogP contribution in [-0.4, -0.2) is 32.2 Å². The quantitative estimate of drug-likeness (QED) is 0.788. The molecule has 1 aromatic rings. The third-order valence-corrected chi connectivity index (χ3v) is 2.86. The first-order chi connectivity index (χ1) is 8.19. The number of hydrogen-bond acceptors (Lipinski definition) is 6. The highest BCUT2D eigenvalue weighted by Gasteiger charge is 2.13. The van der Waals surface area contributed by atoms with Gasteiger partial charge in [-0.3, -0.25) is 4.79 Å². The molecule has 0 radical (unpaired) electrons. The predicted molar refractivity (Wildman–Crippen MR) is 65.4 cm³/mol. The Labute approximate surface area is 104 Å². The van der Waals surface area contributed by atoms with E-state index in [9.17, 15) is 9.59 Å². The van der Waals surface area contributed by atoms with Crippen LogP contribution >= 0.6 is 11.3 Å². The summed E-state index contributed by atoms with van der Waals surface area (Å²) in [4.78, 5) is 22.4. The zero-order chi connectivity index (χ0) is 12.7. The van der Waals surface area contributed by atoms with E-state index in [-0.39, 0.29) is 18.4 Å². The van der Waals surface area contributed by atoms with Gasteiger partial charge in [0.2, 0.25) is 0 Å². The molecule has 94 valence electrons. The lowest BCUT2D eigenvalue weighted by Gasteiger charge is -2.05. The molecule has 0 spiro atoms. The Balaban J connectivity index is 2.44. The molecule has 0 aliphatic heterocycles. The minimum absolute atomic E-state index is 0.254. The van der Waals surface area contributed by atoms with Gasteiger partial charge in [0.05, 0.1) is 25.7 Å². The molecule has 0 fully saturated rings. The van der Waals surface area contributed by atoms with Gasteiger partial charge in [-0.15, -0.1) is 11.3 Å². The lowest BCUT2D eigenvalue weighted by atomic mass is 10.3. The van der Waals surface area contributed by atoms with Crippen molar-refractivity contribution in [3.63, 3.8) is 0 Å². The van der Waals surface area contributed by atoms with Crippen LogP contribution in [-0.2, 0) is 14.3 Å². The summed E-state index contributed by atoms with van der Waals surface area (Å²) < 4.78 is 9.43. The van der Waals surface area contributed by atoms with Crippen LogP contribution in [0.15, 0.2) is 11.4 Å². The Bertz CT molecular complexity index is 389. The van der Waals surface area contributed by atoms with Crippen molar-refractivity contribution in [1.82, 2.24) is 0 Å². The van der Waals surface area contributed by atoms with Crippen LogP contribution in [0.5, 0.6) is 0 Å². The maximum atomic E-state index is 11.3. The minimum atomic E-state index is -0.384. The second kappa shape index (κ2) is 6.90. The van der Waals surface area contributed by atoms with E-state index in [0.29, 0.717) is 23.7 Å². The zero-order valence-electron chi connectivity index (χ0n) is 9.82. The van der Waals surface area contributed by atoms with Gasteiger partial charge in [-0.1, -0.05) is 0 Å². The number of carbonyl (C=O) groups excluding carboxylic acids is 2. The van der Waals surface area contributed by atoms with Crippen molar-refractivity contribution < 1.29 is 19.1 Å². The second-order valence-corrected chi connectivity index (χ2v) is 4.05. The third-order valence-electron chi connectivity index (χ3n) is 1.99. The number of anilines is 1. The summed E-state index contributed by atoms with van der Waals surface area (Å²) in [5.41, 5.74) is 0.487. The van der Waals surface area contributed by atoms with Gasteiger partial charge in [0.1, 0.15) is 5.00 Å². The molecule has 0 unspecified atom stereocenters. The summed E-state index contributed by atoms with van der Waals surface area (Å²) in [7, 11) is 1.34. The van der Waals surface area contributed by atoms with E-state index in [1.165, 1.54) is 18.4 Å². The predicted octanol–water partition coefficient (Wildman–Crippen LogP) is 1.90. The number of carbonyl (C=O) groups is 2. The highest BCUT2D eigenvalue weighted by Crippen LogP contribution is 2.23. The number of methoxy groups -OCH3 is 1. The van der Waals surface area contributed by atoms with Gasteiger partial charge in [-0.25, -0.2) is 4.79 Å². The molecule has 5 nitrogen and oxygen atoms in total. The van der Waals surface area contributed by atoms with Crippen LogP contribution in [0.2, 0.25) is 0 Å². The first-order valence-corrected chi connectivity index (χ1v) is 6.12. The zero-order valence-corrected chi connectivity index (χ0v) is 10.6. The molecule has 0 aliphatic rings. The molecule has 6 heteroatoms. The number of hydrogen-bond donors (Lipinski definition) is 1. The largest absolute Gasteiger partial charge is 0.466 e. The number of ether oxygens (including phenoxy) is 2. The Kier molecular flexibility index (Phi) is 5.48. The van der Waals surface area contributed by atoms with Crippen molar-refractivity contribution in [2.75, 3.05) is 25.6 Å². The molecule has 0 saturated heterocycles. The van der Waals surface area contributed by atoms with Crippen molar-refractivity contribution in [3.8, 4) is 0 Å². The lowest BCUT2D eigenvalue weighted by Crippen LogP contribution is -2.12. The van der Waals surface area contributed by atoms with E-state index in [1.54, 1.807) is 18.4 Å². The average Bonchev–Trinajstić information content (AvgIpc) is 2.77. The van der Waals surface area contributed by atoms with Crippen molar-refractivity contribution >= 4 is 28.3 Å². The summed E-state index contributed by atoms with van der Waals surface area (Å²) in [6, 6.07) is 1.68. The van der Waals surface area contributed by atoms with Crippen LogP contribution in [0.4, 0.5) is 5.00 Å². The van der Waals surface area contributed by atoms with Gasteiger partial charge in [-0.05, 0) is 18.4 Å². The van der Waals surface area contributed by atoms with E-state index in [0.717, 1.165) is 0 Å². The van der Waals surface area contributed by atoms with Crippen molar-refractivity contribution in [3.05, 3.63) is 17.0 Å². The Morgan fingerprint density at radius 3 is 2.88 bits per heavy atom. The number of thiophene rings is 1. The molecule has 1 heterocycles. The van der Waals surface area contributed by atoms with Crippen molar-refractivity contribution in [1.29, 1.82) is 0 Å². The molecule has 1 rings (SSSR count). The fourth-order valence-corrected chi connectivity index (χ4v) is 2.03. The van der Waals surface area contributed by atoms with Gasteiger partial charge in [0.25, 0.3) is 0 Å². The fraction of sp³-hybridized carbons (Fsp3) is 0.455. The maximum Gasteiger partial charge on any atom is 0.340 e. The standard InChI is InChI=1S/C11H15NO4S/c1-3-16-9(13)4-6-12-10-8(5-7-17-10)11(14)15-2/h5,7,12H,3-4,6H2,1-2H3. The molecule has 0 saturated carbocycles. The van der Waals surface area contributed by atoms with Crippen LogP contribution in [0.3, 0.4) is 0 Å². The van der Waals surface area contributed by atoms with E-state index in [4.69, 9.17) is 4.74 Å². The van der Waals surface area contributed by atoms with Gasteiger partial charge in [0.15, 0.2) is 0 Å². The number of esters is 2. The van der Waals surface area contributed by atoms with Gasteiger partial charge < -0.3 is 14.8 Å². The summed E-state index contributed by atoms with van der Waals surface area (Å²) in [6.07, 6.45) is 0.270. The SMILES string of the molecule is CCOC(=O)CCNc1sccc1C(=O)OC. The fourth-order valence-electron chi connectivity index (χ4n) is 1.23. The van der Waals surface area contributed by atoms with Crippen LogP contribution < -0.4 is 5.32 Å². The summed E-state index contributed by atoms with van der Waals surface area (Å²) >= 11 is 1.39.